The Morgan fingerprint density at radius 1 is 0.917 bits per heavy atom. The van der Waals surface area contributed by atoms with Gasteiger partial charge in [0.05, 0.1) is 0 Å². The number of nitrogens with zero attached hydrogens (tertiary/aromatic N) is 4. The van der Waals surface area contributed by atoms with Crippen LogP contribution < -0.4 is 10.1 Å². The van der Waals surface area contributed by atoms with Gasteiger partial charge in [0.2, 0.25) is 0 Å². The van der Waals surface area contributed by atoms with Crippen LogP contribution in [0, 0.1) is 13.8 Å². The number of para-hydroxylation sites is 1. The number of nitrogens with one attached hydrogen (secondary N) is 1. The number of piperidine rings is 1. The highest BCUT2D eigenvalue weighted by molar-refractivity contribution is 5.91. The SMILES string of the molecule is Cc1cc(C[C@@H](OC(=O)N2CCC(N3CCc4ccccc4NC3=O)CC2)C(=O)N2CCN(C3CCOCC3)CC2)cc(C)c1OC=O. The van der Waals surface area contributed by atoms with Crippen molar-refractivity contribution >= 4 is 30.2 Å². The second-order valence-electron chi connectivity index (χ2n) is 13.3. The highest BCUT2D eigenvalue weighted by Gasteiger charge is 2.36. The van der Waals surface area contributed by atoms with Crippen molar-refractivity contribution in [1.82, 2.24) is 19.6 Å². The molecule has 12 nitrogen and oxygen atoms in total. The Bertz CT molecular complexity index is 1460. The minimum atomic E-state index is -1.00. The third kappa shape index (κ3) is 7.76. The molecule has 0 unspecified atom stereocenters. The summed E-state index contributed by atoms with van der Waals surface area (Å²) in [4.78, 5) is 59.6. The predicted octanol–water partition coefficient (Wildman–Crippen LogP) is 3.76. The molecule has 0 radical (unpaired) electrons. The van der Waals surface area contributed by atoms with Crippen molar-refractivity contribution in [2.24, 2.45) is 0 Å². The topological polar surface area (TPSA) is 121 Å². The van der Waals surface area contributed by atoms with Crippen LogP contribution in [0.1, 0.15) is 47.9 Å². The maximum atomic E-state index is 14.0. The Balaban J connectivity index is 1.10. The molecule has 0 aromatic heterocycles. The predicted molar refractivity (Wildman–Crippen MR) is 179 cm³/mol. The standard InChI is InChI=1S/C36H47N5O7/c1-25-21-27(22-26(2)33(25)47-24-42)23-32(34(43)39-17-15-38(16-18-39)29-10-19-46-20-11-29)48-36(45)40-12-8-30(9-13-40)41-14-7-28-5-3-4-6-31(28)37-35(41)44/h3-6,21-22,24,29-30,32H,7-20,23H2,1-2H3,(H,37,44)/t32-/m1/s1. The Morgan fingerprint density at radius 3 is 2.29 bits per heavy atom. The van der Waals surface area contributed by atoms with E-state index in [4.69, 9.17) is 14.2 Å². The molecule has 0 bridgehead atoms. The van der Waals surface area contributed by atoms with E-state index in [-0.39, 0.29) is 24.4 Å². The molecule has 0 spiro atoms. The summed E-state index contributed by atoms with van der Waals surface area (Å²) < 4.78 is 16.8. The molecule has 1 N–H and O–H groups in total. The first-order valence-electron chi connectivity index (χ1n) is 17.2. The molecule has 12 heteroatoms. The van der Waals surface area contributed by atoms with Crippen molar-refractivity contribution in [1.29, 1.82) is 0 Å². The van der Waals surface area contributed by atoms with E-state index in [0.29, 0.717) is 63.8 Å². The zero-order valence-electron chi connectivity index (χ0n) is 28.0. The molecule has 258 valence electrons. The molecule has 4 heterocycles. The summed E-state index contributed by atoms with van der Waals surface area (Å²) in [6.07, 6.45) is 2.72. The van der Waals surface area contributed by atoms with Crippen LogP contribution in [-0.4, -0.2) is 121 Å². The average Bonchev–Trinajstić information content (AvgIpc) is 3.27. The molecule has 48 heavy (non-hydrogen) atoms. The number of carbonyl (C=O) groups is 4. The lowest BCUT2D eigenvalue weighted by atomic mass is 10.00. The van der Waals surface area contributed by atoms with Crippen LogP contribution in [-0.2, 0) is 31.9 Å². The lowest BCUT2D eigenvalue weighted by Gasteiger charge is -2.41. The minimum Gasteiger partial charge on any atom is -0.436 e. The highest BCUT2D eigenvalue weighted by Crippen LogP contribution is 2.28. The molecule has 2 aromatic rings. The van der Waals surface area contributed by atoms with Gasteiger partial charge in [0.15, 0.2) is 6.10 Å². The fraction of sp³-hybridized carbons (Fsp3) is 0.556. The third-order valence-corrected chi connectivity index (χ3v) is 10.3. The molecule has 4 aliphatic heterocycles. The number of urea groups is 1. The summed E-state index contributed by atoms with van der Waals surface area (Å²) in [6, 6.07) is 12.0. The largest absolute Gasteiger partial charge is 0.436 e. The van der Waals surface area contributed by atoms with Crippen molar-refractivity contribution in [2.75, 3.05) is 64.3 Å². The zero-order valence-corrected chi connectivity index (χ0v) is 28.0. The van der Waals surface area contributed by atoms with Crippen LogP contribution >= 0.6 is 0 Å². The van der Waals surface area contributed by atoms with Crippen LogP contribution in [0.3, 0.4) is 0 Å². The number of anilines is 1. The van der Waals surface area contributed by atoms with Crippen LogP contribution in [0.15, 0.2) is 36.4 Å². The molecule has 0 aliphatic carbocycles. The lowest BCUT2D eigenvalue weighted by Crippen LogP contribution is -2.56. The molecule has 6 rings (SSSR count). The number of hydrogen-bond acceptors (Lipinski definition) is 8. The van der Waals surface area contributed by atoms with Gasteiger partial charge in [0.25, 0.3) is 12.4 Å². The molecule has 3 saturated heterocycles. The van der Waals surface area contributed by atoms with E-state index in [1.807, 2.05) is 60.0 Å². The molecule has 3 fully saturated rings. The van der Waals surface area contributed by atoms with E-state index in [2.05, 4.69) is 10.2 Å². The van der Waals surface area contributed by atoms with E-state index < -0.39 is 12.2 Å². The molecule has 1 atom stereocenters. The van der Waals surface area contributed by atoms with Crippen molar-refractivity contribution in [3.8, 4) is 5.75 Å². The second kappa shape index (κ2) is 15.4. The highest BCUT2D eigenvalue weighted by atomic mass is 16.6. The first-order chi connectivity index (χ1) is 23.3. The van der Waals surface area contributed by atoms with Gasteiger partial charge in [-0.25, -0.2) is 9.59 Å². The third-order valence-electron chi connectivity index (χ3n) is 10.3. The number of aryl methyl sites for hydroxylation is 2. The molecule has 4 aliphatic rings. The van der Waals surface area contributed by atoms with E-state index >= 15 is 0 Å². The van der Waals surface area contributed by atoms with Gasteiger partial charge in [-0.1, -0.05) is 30.3 Å². The molecule has 4 amide bonds. The summed E-state index contributed by atoms with van der Waals surface area (Å²) in [6.45, 7) is 9.82. The zero-order chi connectivity index (χ0) is 33.6. The monoisotopic (exact) mass is 661 g/mol. The number of rotatable bonds is 8. The summed E-state index contributed by atoms with van der Waals surface area (Å²) in [5, 5.41) is 3.04. The van der Waals surface area contributed by atoms with E-state index in [1.165, 1.54) is 0 Å². The molecule has 2 aromatic carbocycles. The fourth-order valence-electron chi connectivity index (χ4n) is 7.64. The smallest absolute Gasteiger partial charge is 0.410 e. The number of ether oxygens (including phenoxy) is 3. The van der Waals surface area contributed by atoms with Crippen LogP contribution in [0.4, 0.5) is 15.3 Å². The fourth-order valence-corrected chi connectivity index (χ4v) is 7.64. The average molecular weight is 662 g/mol. The van der Waals surface area contributed by atoms with Gasteiger partial charge >= 0.3 is 12.1 Å². The lowest BCUT2D eigenvalue weighted by molar-refractivity contribution is -0.143. The minimum absolute atomic E-state index is 0.00543. The molecular formula is C36H47N5O7. The van der Waals surface area contributed by atoms with Gasteiger partial charge in [-0.05, 0) is 74.3 Å². The number of likely N-dealkylation sites (tertiary alicyclic amines) is 1. The van der Waals surface area contributed by atoms with E-state index in [0.717, 1.165) is 73.5 Å². The normalized spacial score (nSPS) is 20.4. The van der Waals surface area contributed by atoms with Gasteiger partial charge in [0, 0.05) is 83.2 Å². The van der Waals surface area contributed by atoms with Crippen LogP contribution in [0.25, 0.3) is 0 Å². The number of amides is 4. The Labute approximate surface area is 282 Å². The van der Waals surface area contributed by atoms with Crippen LogP contribution in [0.2, 0.25) is 0 Å². The van der Waals surface area contributed by atoms with E-state index in [9.17, 15) is 19.2 Å². The number of hydrogen-bond donors (Lipinski definition) is 1. The van der Waals surface area contributed by atoms with E-state index in [1.54, 1.807) is 4.90 Å². The number of benzene rings is 2. The molecule has 0 saturated carbocycles. The van der Waals surface area contributed by atoms with Gasteiger partial charge in [-0.3, -0.25) is 14.5 Å². The van der Waals surface area contributed by atoms with Gasteiger partial charge in [-0.2, -0.15) is 0 Å². The Morgan fingerprint density at radius 2 is 1.60 bits per heavy atom. The van der Waals surface area contributed by atoms with Crippen molar-refractivity contribution in [3.05, 3.63) is 58.7 Å². The van der Waals surface area contributed by atoms with Crippen molar-refractivity contribution < 1.29 is 33.4 Å². The maximum Gasteiger partial charge on any atom is 0.410 e. The first kappa shape index (κ1) is 33.7. The summed E-state index contributed by atoms with van der Waals surface area (Å²) in [5.74, 6) is 0.289. The summed E-state index contributed by atoms with van der Waals surface area (Å²) in [5.41, 5.74) is 4.32. The van der Waals surface area contributed by atoms with Crippen LogP contribution in [0.5, 0.6) is 5.75 Å². The Hall–Kier alpha value is -4.16. The van der Waals surface area contributed by atoms with Crippen molar-refractivity contribution in [3.63, 3.8) is 0 Å². The summed E-state index contributed by atoms with van der Waals surface area (Å²) in [7, 11) is 0. The maximum absolute atomic E-state index is 14.0. The van der Waals surface area contributed by atoms with Crippen molar-refractivity contribution in [2.45, 2.75) is 70.6 Å². The van der Waals surface area contributed by atoms with Gasteiger partial charge < -0.3 is 34.2 Å². The Kier molecular flexibility index (Phi) is 10.8. The molecular weight excluding hydrogens is 614 g/mol. The van der Waals surface area contributed by atoms with Gasteiger partial charge in [-0.15, -0.1) is 0 Å². The quantitative estimate of drug-likeness (QED) is 0.425. The number of carbonyl (C=O) groups excluding carboxylic acids is 4. The van der Waals surface area contributed by atoms with Gasteiger partial charge in [0.1, 0.15) is 5.75 Å². The summed E-state index contributed by atoms with van der Waals surface area (Å²) >= 11 is 0. The first-order valence-corrected chi connectivity index (χ1v) is 17.2. The number of fused-ring (bicyclic) bond motifs is 1. The second-order valence-corrected chi connectivity index (χ2v) is 13.3. The number of piperazine rings is 1.